The Morgan fingerprint density at radius 2 is 1.79 bits per heavy atom. The lowest BCUT2D eigenvalue weighted by molar-refractivity contribution is -0.137. The Balaban J connectivity index is 1.39. The maximum Gasteiger partial charge on any atom is 0.407 e. The molecule has 2 amide bonds. The molecule has 2 heterocycles. The van der Waals surface area contributed by atoms with Gasteiger partial charge in [-0.2, -0.15) is 4.98 Å². The Hall–Kier alpha value is -2.94. The van der Waals surface area contributed by atoms with E-state index < -0.39 is 18.1 Å². The minimum Gasteiger partial charge on any atom is -0.465 e. The van der Waals surface area contributed by atoms with Crippen LogP contribution in [-0.2, 0) is 22.5 Å². The van der Waals surface area contributed by atoms with Gasteiger partial charge in [0.05, 0.1) is 19.7 Å². The van der Waals surface area contributed by atoms with Crippen LogP contribution in [0.15, 0.2) is 28.8 Å². The number of aromatic nitrogens is 2. The van der Waals surface area contributed by atoms with Crippen LogP contribution in [0.5, 0.6) is 0 Å². The van der Waals surface area contributed by atoms with Crippen LogP contribution in [-0.4, -0.2) is 57.9 Å². The van der Waals surface area contributed by atoms with E-state index >= 15 is 0 Å². The van der Waals surface area contributed by atoms with Gasteiger partial charge in [-0.3, -0.25) is 4.79 Å². The summed E-state index contributed by atoms with van der Waals surface area (Å²) < 4.78 is 10.6. The number of ether oxygens (including phenoxy) is 1. The number of hydrogen-bond acceptors (Lipinski definition) is 6. The van der Waals surface area contributed by atoms with E-state index in [9.17, 15) is 9.59 Å². The van der Waals surface area contributed by atoms with Gasteiger partial charge in [0.15, 0.2) is 6.10 Å². The molecule has 1 atom stereocenters. The van der Waals surface area contributed by atoms with E-state index in [1.165, 1.54) is 56.9 Å². The molecule has 1 aliphatic rings. The Kier molecular flexibility index (Phi) is 10.3. The molecule has 186 valence electrons. The zero-order valence-electron chi connectivity index (χ0n) is 20.0. The fourth-order valence-corrected chi connectivity index (χ4v) is 3.99. The van der Waals surface area contributed by atoms with Crippen molar-refractivity contribution >= 4 is 12.0 Å². The Labute approximate surface area is 200 Å². The Morgan fingerprint density at radius 3 is 2.50 bits per heavy atom. The predicted molar refractivity (Wildman–Crippen MR) is 127 cm³/mol. The number of morpholine rings is 1. The number of amides is 2. The number of carbonyl (C=O) groups excluding carboxylic acids is 1. The van der Waals surface area contributed by atoms with Gasteiger partial charge >= 0.3 is 6.09 Å². The second kappa shape index (κ2) is 13.7. The van der Waals surface area contributed by atoms with Gasteiger partial charge in [-0.25, -0.2) is 4.79 Å². The maximum atomic E-state index is 12.3. The number of carboxylic acid groups (broad SMARTS) is 1. The first kappa shape index (κ1) is 25.7. The molecule has 1 aliphatic heterocycles. The molecule has 9 heteroatoms. The molecule has 2 aromatic rings. The van der Waals surface area contributed by atoms with Crippen LogP contribution < -0.4 is 5.32 Å². The number of aryl methyl sites for hydroxylation is 1. The van der Waals surface area contributed by atoms with Gasteiger partial charge < -0.3 is 24.6 Å². The number of unbranched alkanes of at least 4 members (excludes halogenated alkanes) is 7. The van der Waals surface area contributed by atoms with Crippen LogP contribution in [0.2, 0.25) is 0 Å². The van der Waals surface area contributed by atoms with E-state index in [1.54, 1.807) is 0 Å². The summed E-state index contributed by atoms with van der Waals surface area (Å²) in [5.74, 6) is 0.335. The molecule has 0 radical (unpaired) electrons. The van der Waals surface area contributed by atoms with Crippen molar-refractivity contribution < 1.29 is 24.0 Å². The molecule has 3 rings (SSSR count). The van der Waals surface area contributed by atoms with Gasteiger partial charge in [0.2, 0.25) is 11.7 Å². The third-order valence-electron chi connectivity index (χ3n) is 6.04. The van der Waals surface area contributed by atoms with Crippen LogP contribution in [0, 0.1) is 0 Å². The monoisotopic (exact) mass is 472 g/mol. The zero-order valence-corrected chi connectivity index (χ0v) is 20.0. The summed E-state index contributed by atoms with van der Waals surface area (Å²) >= 11 is 0. The van der Waals surface area contributed by atoms with Gasteiger partial charge in [0.25, 0.3) is 5.91 Å². The van der Waals surface area contributed by atoms with E-state index in [0.29, 0.717) is 5.82 Å². The normalized spacial score (nSPS) is 15.9. The van der Waals surface area contributed by atoms with Crippen molar-refractivity contribution in [3.63, 3.8) is 0 Å². The summed E-state index contributed by atoms with van der Waals surface area (Å²) in [6.07, 6.45) is 9.66. The molecular formula is C25H36N4O5. The van der Waals surface area contributed by atoms with Gasteiger partial charge in [0.1, 0.15) is 0 Å². The number of hydrogen-bond donors (Lipinski definition) is 2. The first-order valence-corrected chi connectivity index (χ1v) is 12.4. The molecule has 34 heavy (non-hydrogen) atoms. The van der Waals surface area contributed by atoms with Gasteiger partial charge in [-0.05, 0) is 18.4 Å². The number of benzene rings is 1. The van der Waals surface area contributed by atoms with E-state index in [2.05, 4.69) is 34.5 Å². The van der Waals surface area contributed by atoms with Crippen molar-refractivity contribution in [1.29, 1.82) is 0 Å². The largest absolute Gasteiger partial charge is 0.465 e. The Bertz CT molecular complexity index is 899. The molecular weight excluding hydrogens is 436 g/mol. The molecule has 1 fully saturated rings. The summed E-state index contributed by atoms with van der Waals surface area (Å²) in [6.45, 7) is 2.74. The molecule has 1 aromatic carbocycles. The minimum atomic E-state index is -1.06. The van der Waals surface area contributed by atoms with Crippen molar-refractivity contribution in [2.24, 2.45) is 0 Å². The molecule has 0 spiro atoms. The van der Waals surface area contributed by atoms with E-state index in [1.807, 2.05) is 12.1 Å². The van der Waals surface area contributed by atoms with Crippen LogP contribution >= 0.6 is 0 Å². The third kappa shape index (κ3) is 8.13. The van der Waals surface area contributed by atoms with E-state index in [4.69, 9.17) is 14.4 Å². The lowest BCUT2D eigenvalue weighted by atomic mass is 10.0. The van der Waals surface area contributed by atoms with Crippen LogP contribution in [0.4, 0.5) is 4.79 Å². The summed E-state index contributed by atoms with van der Waals surface area (Å²) in [7, 11) is 0. The summed E-state index contributed by atoms with van der Waals surface area (Å²) in [5, 5.41) is 15.8. The fourth-order valence-electron chi connectivity index (χ4n) is 3.99. The molecule has 1 aromatic heterocycles. The van der Waals surface area contributed by atoms with Crippen molar-refractivity contribution in [2.75, 3.05) is 19.7 Å². The highest BCUT2D eigenvalue weighted by Crippen LogP contribution is 2.18. The molecule has 9 nitrogen and oxygen atoms in total. The molecule has 0 aliphatic carbocycles. The summed E-state index contributed by atoms with van der Waals surface area (Å²) in [6, 6.07) is 8.18. The molecule has 1 saturated heterocycles. The fraction of sp³-hybridized carbons (Fsp3) is 0.600. The number of carbonyl (C=O) groups is 2. The standard InChI is InChI=1S/C25H36N4O5/c1-2-3-4-5-6-7-8-9-10-19-11-13-20(14-12-19)23-27-22(34-28-23)17-26-24(30)21-18-29(25(31)32)15-16-33-21/h11-14,21H,2-10,15-18H2,1H3,(H,26,30)(H,31,32). The topological polar surface area (TPSA) is 118 Å². The lowest BCUT2D eigenvalue weighted by Crippen LogP contribution is -2.51. The molecule has 0 bridgehead atoms. The smallest absolute Gasteiger partial charge is 0.407 e. The van der Waals surface area contributed by atoms with E-state index in [0.717, 1.165) is 16.9 Å². The first-order chi connectivity index (χ1) is 16.6. The minimum absolute atomic E-state index is 0.00154. The highest BCUT2D eigenvalue weighted by molar-refractivity contribution is 5.81. The van der Waals surface area contributed by atoms with Gasteiger partial charge in [-0.15, -0.1) is 0 Å². The molecule has 0 saturated carbocycles. The summed E-state index contributed by atoms with van der Waals surface area (Å²) in [4.78, 5) is 28.9. The van der Waals surface area contributed by atoms with E-state index in [-0.39, 0.29) is 32.1 Å². The number of rotatable bonds is 13. The Morgan fingerprint density at radius 1 is 1.09 bits per heavy atom. The van der Waals surface area contributed by atoms with Crippen LogP contribution in [0.25, 0.3) is 11.4 Å². The average molecular weight is 473 g/mol. The SMILES string of the molecule is CCCCCCCCCCc1ccc(-c2noc(CNC(=O)C3CN(C(=O)O)CCO3)n2)cc1. The number of nitrogens with zero attached hydrogens (tertiary/aromatic N) is 3. The molecule has 2 N–H and O–H groups in total. The second-order valence-corrected chi connectivity index (χ2v) is 8.74. The van der Waals surface area contributed by atoms with Crippen LogP contribution in [0.1, 0.15) is 69.7 Å². The lowest BCUT2D eigenvalue weighted by Gasteiger charge is -2.29. The molecule has 1 unspecified atom stereocenters. The summed E-state index contributed by atoms with van der Waals surface area (Å²) in [5.41, 5.74) is 2.15. The maximum absolute atomic E-state index is 12.3. The average Bonchev–Trinajstić information content (AvgIpc) is 3.33. The van der Waals surface area contributed by atoms with Crippen molar-refractivity contribution in [3.05, 3.63) is 35.7 Å². The predicted octanol–water partition coefficient (Wildman–Crippen LogP) is 4.41. The second-order valence-electron chi connectivity index (χ2n) is 8.74. The van der Waals surface area contributed by atoms with Crippen molar-refractivity contribution in [1.82, 2.24) is 20.4 Å². The first-order valence-electron chi connectivity index (χ1n) is 12.4. The highest BCUT2D eigenvalue weighted by Gasteiger charge is 2.29. The highest BCUT2D eigenvalue weighted by atomic mass is 16.5. The third-order valence-corrected chi connectivity index (χ3v) is 6.04. The van der Waals surface area contributed by atoms with Crippen molar-refractivity contribution in [3.8, 4) is 11.4 Å². The van der Waals surface area contributed by atoms with Crippen molar-refractivity contribution in [2.45, 2.75) is 77.4 Å². The number of nitrogens with one attached hydrogen (secondary N) is 1. The zero-order chi connectivity index (χ0) is 24.2. The van der Waals surface area contributed by atoms with Crippen LogP contribution in [0.3, 0.4) is 0 Å². The quantitative estimate of drug-likeness (QED) is 0.414. The van der Waals surface area contributed by atoms with Gasteiger partial charge in [-0.1, -0.05) is 81.3 Å². The van der Waals surface area contributed by atoms with Gasteiger partial charge in [0, 0.05) is 12.1 Å².